The molecule has 3 aliphatic carbocycles. The van der Waals surface area contributed by atoms with Crippen molar-refractivity contribution >= 4 is 23.2 Å². The number of carbonyl (C=O) groups is 3. The third-order valence-corrected chi connectivity index (χ3v) is 7.03. The molecule has 0 radical (unpaired) electrons. The van der Waals surface area contributed by atoms with Crippen LogP contribution in [0.3, 0.4) is 0 Å². The number of rotatable bonds is 2. The van der Waals surface area contributed by atoms with Crippen LogP contribution in [0, 0.1) is 11.8 Å². The smallest absolute Gasteiger partial charge is 0.255 e. The molecule has 6 atom stereocenters. The summed E-state index contributed by atoms with van der Waals surface area (Å²) in [5.41, 5.74) is -1.78. The van der Waals surface area contributed by atoms with Crippen molar-refractivity contribution in [2.75, 3.05) is 14.1 Å². The fourth-order valence-electron chi connectivity index (χ4n) is 5.60. The number of ketones is 2. The van der Waals surface area contributed by atoms with E-state index in [4.69, 9.17) is 5.73 Å². The number of nitrogens with zero attached hydrogens (tertiary/aromatic N) is 1. The van der Waals surface area contributed by atoms with Gasteiger partial charge in [-0.15, -0.1) is 0 Å². The number of phenols is 1. The fraction of sp³-hybridized carbons (Fsp3) is 0.409. The fourth-order valence-corrected chi connectivity index (χ4v) is 5.60. The molecule has 0 unspecified atom stereocenters. The molecule has 1 aromatic carbocycles. The minimum absolute atomic E-state index is 0.00664. The maximum atomic E-state index is 13.7. The van der Waals surface area contributed by atoms with Crippen molar-refractivity contribution < 1.29 is 45.0 Å². The van der Waals surface area contributed by atoms with E-state index in [-0.39, 0.29) is 11.1 Å². The molecule has 1 fully saturated rings. The molecule has 0 spiro atoms. The number of aliphatic hydroxyl groups excluding tert-OH is 3. The Morgan fingerprint density at radius 1 is 1.12 bits per heavy atom. The predicted molar refractivity (Wildman–Crippen MR) is 112 cm³/mol. The zero-order valence-corrected chi connectivity index (χ0v) is 18.0. The monoisotopic (exact) mass is 460 g/mol. The van der Waals surface area contributed by atoms with Gasteiger partial charge in [0, 0.05) is 0 Å². The van der Waals surface area contributed by atoms with Crippen molar-refractivity contribution in [1.82, 2.24) is 4.90 Å². The van der Waals surface area contributed by atoms with E-state index < -0.39 is 81.1 Å². The number of aliphatic hydroxyl groups is 5. The summed E-state index contributed by atoms with van der Waals surface area (Å²) in [6.45, 7) is 1.25. The highest BCUT2D eigenvalue weighted by molar-refractivity contribution is 6.24. The van der Waals surface area contributed by atoms with E-state index in [1.54, 1.807) is 0 Å². The van der Waals surface area contributed by atoms with E-state index >= 15 is 0 Å². The van der Waals surface area contributed by atoms with Gasteiger partial charge in [-0.05, 0) is 32.6 Å². The molecule has 1 saturated carbocycles. The Morgan fingerprint density at radius 3 is 2.27 bits per heavy atom. The highest BCUT2D eigenvalue weighted by Crippen LogP contribution is 2.57. The molecular weight excluding hydrogens is 436 g/mol. The van der Waals surface area contributed by atoms with Crippen LogP contribution in [0.25, 0.3) is 5.76 Å². The average Bonchev–Trinajstić information content (AvgIpc) is 2.70. The van der Waals surface area contributed by atoms with Crippen molar-refractivity contribution in [2.45, 2.75) is 30.3 Å². The molecule has 8 N–H and O–H groups in total. The molecule has 33 heavy (non-hydrogen) atoms. The Labute approximate surface area is 187 Å². The summed E-state index contributed by atoms with van der Waals surface area (Å²) in [6, 6.07) is 2.50. The third-order valence-electron chi connectivity index (χ3n) is 7.03. The summed E-state index contributed by atoms with van der Waals surface area (Å²) in [6.07, 6.45) is -1.87. The molecule has 1 aromatic rings. The van der Waals surface area contributed by atoms with E-state index in [0.717, 1.165) is 0 Å². The lowest BCUT2D eigenvalue weighted by atomic mass is 9.53. The highest BCUT2D eigenvalue weighted by Gasteiger charge is 2.70. The van der Waals surface area contributed by atoms with Crippen molar-refractivity contribution in [1.29, 1.82) is 0 Å². The van der Waals surface area contributed by atoms with Gasteiger partial charge in [0.25, 0.3) is 5.91 Å². The Hall–Kier alpha value is -3.25. The lowest BCUT2D eigenvalue weighted by molar-refractivity contribution is -0.181. The molecule has 1 amide bonds. The second-order valence-electron chi connectivity index (χ2n) is 9.06. The molecule has 0 aliphatic heterocycles. The number of hydrogen-bond acceptors (Lipinski definition) is 10. The molecule has 11 nitrogen and oxygen atoms in total. The summed E-state index contributed by atoms with van der Waals surface area (Å²) in [4.78, 5) is 39.9. The van der Waals surface area contributed by atoms with Gasteiger partial charge in [-0.25, -0.2) is 0 Å². The van der Waals surface area contributed by atoms with Gasteiger partial charge in [-0.2, -0.15) is 0 Å². The number of fused-ring (bicyclic) bond motifs is 3. The number of likely N-dealkylation sites (N-methyl/N-ethyl adjacent to an activating group) is 1. The Balaban J connectivity index is 2.11. The zero-order valence-electron chi connectivity index (χ0n) is 18.0. The average molecular weight is 460 g/mol. The zero-order chi connectivity index (χ0) is 24.8. The molecule has 4 rings (SSSR count). The van der Waals surface area contributed by atoms with Crippen molar-refractivity contribution in [3.05, 3.63) is 46.2 Å². The van der Waals surface area contributed by atoms with Gasteiger partial charge < -0.3 is 36.4 Å². The van der Waals surface area contributed by atoms with Crippen LogP contribution >= 0.6 is 0 Å². The summed E-state index contributed by atoms with van der Waals surface area (Å²) in [5, 5.41) is 66.3. The van der Waals surface area contributed by atoms with Gasteiger partial charge in [-0.1, -0.05) is 12.1 Å². The first-order chi connectivity index (χ1) is 15.2. The number of nitrogens with two attached hydrogens (primary N) is 1. The second-order valence-corrected chi connectivity index (χ2v) is 9.06. The summed E-state index contributed by atoms with van der Waals surface area (Å²) in [5.74, 6) is -9.67. The minimum Gasteiger partial charge on any atom is -0.508 e. The van der Waals surface area contributed by atoms with E-state index in [1.807, 2.05) is 0 Å². The number of phenolic OH excluding ortho intramolecular Hbond substituents is 1. The van der Waals surface area contributed by atoms with Gasteiger partial charge in [0.2, 0.25) is 5.78 Å². The Bertz CT molecular complexity index is 1180. The molecule has 176 valence electrons. The molecule has 3 aliphatic rings. The lowest BCUT2D eigenvalue weighted by Crippen LogP contribution is -2.71. The molecule has 0 heterocycles. The standard InChI is InChI=1S/C22H24N2O9/c1-21(32)7-5-4-6-8(25)9(7)15(26)10-12(21)17(28)13-14(24(2)3)16(27)11(20(23)31)19(30)22(13,33)18(10)29/h4-6,12-14,17,25-26,28,30,32-33H,1-3H3,(H2,23,31)/t12-,13+,14-,17+,21+,22+/m0/s1. The summed E-state index contributed by atoms with van der Waals surface area (Å²) >= 11 is 0. The SMILES string of the molecule is CN(C)[C@@H]1C(=O)C(C(N)=O)=C(O)[C@]2(O)C(=O)C3=C(O)c4c(O)cccc4[C@@](C)(O)[C@@H]3[C@@H](O)[C@@H]12. The quantitative estimate of drug-likeness (QED) is 0.257. The predicted octanol–water partition coefficient (Wildman–Crippen LogP) is -1.40. The number of amides is 1. The Morgan fingerprint density at radius 2 is 1.73 bits per heavy atom. The first-order valence-corrected chi connectivity index (χ1v) is 10.1. The van der Waals surface area contributed by atoms with Gasteiger partial charge >= 0.3 is 0 Å². The van der Waals surface area contributed by atoms with Crippen LogP contribution in [0.5, 0.6) is 5.75 Å². The topological polar surface area (TPSA) is 202 Å². The first-order valence-electron chi connectivity index (χ1n) is 10.1. The normalized spacial score (nSPS) is 36.0. The highest BCUT2D eigenvalue weighted by atomic mass is 16.4. The van der Waals surface area contributed by atoms with Gasteiger partial charge in [0.1, 0.15) is 22.8 Å². The van der Waals surface area contributed by atoms with Gasteiger partial charge in [0.05, 0.1) is 40.7 Å². The molecule has 0 bridgehead atoms. The summed E-state index contributed by atoms with van der Waals surface area (Å²) in [7, 11) is 2.80. The van der Waals surface area contributed by atoms with Crippen LogP contribution < -0.4 is 5.73 Å². The van der Waals surface area contributed by atoms with E-state index in [2.05, 4.69) is 0 Å². The Kier molecular flexibility index (Phi) is 4.78. The van der Waals surface area contributed by atoms with Crippen LogP contribution in [-0.4, -0.2) is 84.9 Å². The second kappa shape index (κ2) is 6.87. The lowest BCUT2D eigenvalue weighted by Gasteiger charge is -2.55. The van der Waals surface area contributed by atoms with E-state index in [1.165, 1.54) is 44.1 Å². The number of carbonyl (C=O) groups excluding carboxylic acids is 3. The van der Waals surface area contributed by atoms with Crippen molar-refractivity contribution in [3.8, 4) is 5.75 Å². The maximum absolute atomic E-state index is 13.7. The molecular formula is C22H24N2O9. The number of aromatic hydroxyl groups is 1. The summed E-state index contributed by atoms with van der Waals surface area (Å²) < 4.78 is 0. The first kappa shape index (κ1) is 22.9. The largest absolute Gasteiger partial charge is 0.508 e. The molecule has 0 aromatic heterocycles. The minimum atomic E-state index is -3.02. The van der Waals surface area contributed by atoms with Crippen molar-refractivity contribution in [2.24, 2.45) is 17.6 Å². The number of Topliss-reactive ketones (excluding diaryl/α,β-unsaturated/α-hetero) is 2. The molecule has 0 saturated heterocycles. The van der Waals surface area contributed by atoms with Crippen LogP contribution in [0.1, 0.15) is 18.1 Å². The number of primary amides is 1. The van der Waals surface area contributed by atoms with Crippen LogP contribution in [0.15, 0.2) is 35.1 Å². The van der Waals surface area contributed by atoms with Crippen molar-refractivity contribution in [3.63, 3.8) is 0 Å². The van der Waals surface area contributed by atoms with Gasteiger partial charge in [0.15, 0.2) is 11.4 Å². The van der Waals surface area contributed by atoms with Crippen LogP contribution in [0.4, 0.5) is 0 Å². The van der Waals surface area contributed by atoms with Gasteiger partial charge in [-0.3, -0.25) is 19.3 Å². The number of hydrogen-bond donors (Lipinski definition) is 7. The van der Waals surface area contributed by atoms with Crippen LogP contribution in [0.2, 0.25) is 0 Å². The number of benzene rings is 1. The van der Waals surface area contributed by atoms with E-state index in [0.29, 0.717) is 0 Å². The van der Waals surface area contributed by atoms with Crippen LogP contribution in [-0.2, 0) is 20.0 Å². The maximum Gasteiger partial charge on any atom is 0.255 e. The molecule has 11 heteroatoms. The van der Waals surface area contributed by atoms with E-state index in [9.17, 15) is 45.0 Å². The third kappa shape index (κ3) is 2.61.